The van der Waals surface area contributed by atoms with Crippen molar-refractivity contribution in [3.05, 3.63) is 58.9 Å². The molecule has 3 N–H and O–H groups in total. The third-order valence-electron chi connectivity index (χ3n) is 5.11. The number of fused-ring (bicyclic) bond motifs is 1. The van der Waals surface area contributed by atoms with Gasteiger partial charge in [-0.3, -0.25) is 9.59 Å². The normalized spacial score (nSPS) is 16.0. The first-order chi connectivity index (χ1) is 14.5. The molecule has 3 aromatic rings. The van der Waals surface area contributed by atoms with E-state index in [4.69, 9.17) is 0 Å². The van der Waals surface area contributed by atoms with Crippen molar-refractivity contribution in [3.8, 4) is 0 Å². The predicted octanol–water partition coefficient (Wildman–Crippen LogP) is 0.841. The second-order valence-corrected chi connectivity index (χ2v) is 7.33. The molecule has 9 nitrogen and oxygen atoms in total. The molecule has 1 aromatic carbocycles. The second kappa shape index (κ2) is 8.54. The summed E-state index contributed by atoms with van der Waals surface area (Å²) in [6, 6.07) is 6.03. The summed E-state index contributed by atoms with van der Waals surface area (Å²) in [7, 11) is 0. The molecule has 1 aliphatic heterocycles. The van der Waals surface area contributed by atoms with E-state index >= 15 is 0 Å². The SMILES string of the molecule is Cc1cc(CNC(=O)c2cc(C(=O)NC[C@@H]3CCNC3)n3ncnc3n2)ccc1F. The van der Waals surface area contributed by atoms with Crippen LogP contribution in [0.25, 0.3) is 5.78 Å². The molecule has 0 unspecified atom stereocenters. The van der Waals surface area contributed by atoms with Gasteiger partial charge in [0.2, 0.25) is 0 Å². The smallest absolute Gasteiger partial charge is 0.270 e. The van der Waals surface area contributed by atoms with Crippen LogP contribution in [0.1, 0.15) is 38.5 Å². The number of aromatic nitrogens is 4. The Labute approximate surface area is 172 Å². The summed E-state index contributed by atoms with van der Waals surface area (Å²) in [4.78, 5) is 33.6. The Hall–Kier alpha value is -3.40. The van der Waals surface area contributed by atoms with Crippen LogP contribution in [0.3, 0.4) is 0 Å². The average molecular weight is 411 g/mol. The van der Waals surface area contributed by atoms with Gasteiger partial charge in [-0.2, -0.15) is 14.6 Å². The van der Waals surface area contributed by atoms with Gasteiger partial charge in [0, 0.05) is 19.2 Å². The highest BCUT2D eigenvalue weighted by molar-refractivity contribution is 5.98. The number of benzene rings is 1. The summed E-state index contributed by atoms with van der Waals surface area (Å²) in [5.74, 6) is -0.565. The monoisotopic (exact) mass is 411 g/mol. The van der Waals surface area contributed by atoms with E-state index in [0.717, 1.165) is 25.1 Å². The molecule has 3 heterocycles. The highest BCUT2D eigenvalue weighted by Gasteiger charge is 2.20. The van der Waals surface area contributed by atoms with Crippen LogP contribution in [0, 0.1) is 18.7 Å². The van der Waals surface area contributed by atoms with Crippen molar-refractivity contribution in [3.63, 3.8) is 0 Å². The minimum absolute atomic E-state index is 0.0574. The van der Waals surface area contributed by atoms with E-state index in [9.17, 15) is 14.0 Å². The van der Waals surface area contributed by atoms with E-state index in [2.05, 4.69) is 31.0 Å². The fourth-order valence-electron chi connectivity index (χ4n) is 3.40. The van der Waals surface area contributed by atoms with Gasteiger partial charge in [-0.15, -0.1) is 0 Å². The molecule has 156 valence electrons. The largest absolute Gasteiger partial charge is 0.350 e. The van der Waals surface area contributed by atoms with Crippen LogP contribution < -0.4 is 16.0 Å². The first-order valence-electron chi connectivity index (χ1n) is 9.74. The summed E-state index contributed by atoms with van der Waals surface area (Å²) >= 11 is 0. The first kappa shape index (κ1) is 19.9. The van der Waals surface area contributed by atoms with Crippen LogP contribution in [0.15, 0.2) is 30.6 Å². The van der Waals surface area contributed by atoms with Crippen molar-refractivity contribution in [2.75, 3.05) is 19.6 Å². The van der Waals surface area contributed by atoms with Crippen molar-refractivity contribution in [1.82, 2.24) is 35.5 Å². The zero-order chi connectivity index (χ0) is 21.1. The van der Waals surface area contributed by atoms with Crippen LogP contribution in [0.5, 0.6) is 0 Å². The molecule has 1 aliphatic rings. The lowest BCUT2D eigenvalue weighted by atomic mass is 10.1. The standard InChI is InChI=1S/C20H22FN7O2/c1-12-6-13(2-3-15(12)21)9-23-18(29)16-7-17(28-20(27-16)25-11-26-28)19(30)24-10-14-4-5-22-8-14/h2-3,6-7,11,14,22H,4-5,8-10H2,1H3,(H,23,29)(H,24,30)/t14-/m1/s1. The maximum Gasteiger partial charge on any atom is 0.270 e. The third-order valence-corrected chi connectivity index (χ3v) is 5.11. The summed E-state index contributed by atoms with van der Waals surface area (Å²) in [6.07, 6.45) is 2.29. The second-order valence-electron chi connectivity index (χ2n) is 7.33. The maximum atomic E-state index is 13.4. The van der Waals surface area contributed by atoms with Gasteiger partial charge >= 0.3 is 0 Å². The van der Waals surface area contributed by atoms with Crippen LogP contribution in [0.4, 0.5) is 4.39 Å². The number of nitrogens with one attached hydrogen (secondary N) is 3. The van der Waals surface area contributed by atoms with Crippen molar-refractivity contribution < 1.29 is 14.0 Å². The maximum absolute atomic E-state index is 13.4. The highest BCUT2D eigenvalue weighted by atomic mass is 19.1. The molecule has 1 atom stereocenters. The molecule has 30 heavy (non-hydrogen) atoms. The Kier molecular flexibility index (Phi) is 5.66. The van der Waals surface area contributed by atoms with Gasteiger partial charge < -0.3 is 16.0 Å². The van der Waals surface area contributed by atoms with Crippen molar-refractivity contribution >= 4 is 17.6 Å². The lowest BCUT2D eigenvalue weighted by Gasteiger charge is -2.11. The molecule has 1 fully saturated rings. The fourth-order valence-corrected chi connectivity index (χ4v) is 3.40. The Bertz CT molecular complexity index is 1090. The number of carbonyl (C=O) groups is 2. The molecule has 0 aliphatic carbocycles. The van der Waals surface area contributed by atoms with E-state index in [1.54, 1.807) is 19.1 Å². The molecule has 0 spiro atoms. The molecule has 0 saturated carbocycles. The fraction of sp³-hybridized carbons (Fsp3) is 0.350. The van der Waals surface area contributed by atoms with E-state index in [1.807, 2.05) is 0 Å². The Morgan fingerprint density at radius 1 is 1.27 bits per heavy atom. The predicted molar refractivity (Wildman–Crippen MR) is 106 cm³/mol. The highest BCUT2D eigenvalue weighted by Crippen LogP contribution is 2.11. The summed E-state index contributed by atoms with van der Waals surface area (Å²) in [6.45, 7) is 4.21. The van der Waals surface area contributed by atoms with Crippen LogP contribution in [-0.2, 0) is 6.54 Å². The molecule has 0 bridgehead atoms. The van der Waals surface area contributed by atoms with Gasteiger partial charge in [-0.05, 0) is 49.5 Å². The topological polar surface area (TPSA) is 113 Å². The van der Waals surface area contributed by atoms with Gasteiger partial charge in [-0.25, -0.2) is 9.37 Å². The van der Waals surface area contributed by atoms with Gasteiger partial charge in [0.1, 0.15) is 23.5 Å². The quantitative estimate of drug-likeness (QED) is 0.554. The average Bonchev–Trinajstić information content (AvgIpc) is 3.43. The molecule has 0 radical (unpaired) electrons. The molecule has 2 aromatic heterocycles. The number of rotatable bonds is 6. The Morgan fingerprint density at radius 3 is 2.90 bits per heavy atom. The third kappa shape index (κ3) is 4.28. The molecule has 1 saturated heterocycles. The van der Waals surface area contributed by atoms with Gasteiger partial charge in [0.05, 0.1) is 0 Å². The molecular formula is C20H22FN7O2. The number of amides is 2. The van der Waals surface area contributed by atoms with Crippen molar-refractivity contribution in [1.29, 1.82) is 0 Å². The number of halogens is 1. The minimum Gasteiger partial charge on any atom is -0.350 e. The van der Waals surface area contributed by atoms with E-state index in [-0.39, 0.29) is 35.4 Å². The van der Waals surface area contributed by atoms with Gasteiger partial charge in [-0.1, -0.05) is 12.1 Å². The summed E-state index contributed by atoms with van der Waals surface area (Å²) < 4.78 is 14.7. The lowest BCUT2D eigenvalue weighted by molar-refractivity contribution is 0.0940. The molecule has 2 amide bonds. The molecular weight excluding hydrogens is 389 g/mol. The van der Waals surface area contributed by atoms with E-state index in [1.165, 1.54) is 23.0 Å². The van der Waals surface area contributed by atoms with E-state index < -0.39 is 5.91 Å². The van der Waals surface area contributed by atoms with Crippen molar-refractivity contribution in [2.45, 2.75) is 19.9 Å². The number of aryl methyl sites for hydroxylation is 1. The minimum atomic E-state index is -0.462. The Morgan fingerprint density at radius 2 is 2.13 bits per heavy atom. The van der Waals surface area contributed by atoms with Crippen LogP contribution in [0.2, 0.25) is 0 Å². The van der Waals surface area contributed by atoms with E-state index in [0.29, 0.717) is 18.0 Å². The first-order valence-corrected chi connectivity index (χ1v) is 9.74. The zero-order valence-electron chi connectivity index (χ0n) is 16.5. The summed E-state index contributed by atoms with van der Waals surface area (Å²) in [5, 5.41) is 12.9. The molecule has 10 heteroatoms. The number of hydrogen-bond acceptors (Lipinski definition) is 6. The number of carbonyl (C=O) groups excluding carboxylic acids is 2. The van der Waals surface area contributed by atoms with Gasteiger partial charge in [0.25, 0.3) is 17.6 Å². The number of nitrogens with zero attached hydrogens (tertiary/aromatic N) is 4. The number of hydrogen-bond donors (Lipinski definition) is 3. The Balaban J connectivity index is 1.49. The van der Waals surface area contributed by atoms with Gasteiger partial charge in [0.15, 0.2) is 0 Å². The van der Waals surface area contributed by atoms with Crippen LogP contribution in [-0.4, -0.2) is 51.0 Å². The zero-order valence-corrected chi connectivity index (χ0v) is 16.5. The lowest BCUT2D eigenvalue weighted by Crippen LogP contribution is -2.32. The van der Waals surface area contributed by atoms with Crippen molar-refractivity contribution in [2.24, 2.45) is 5.92 Å². The van der Waals surface area contributed by atoms with Crippen LogP contribution >= 0.6 is 0 Å². The molecule has 4 rings (SSSR count). The summed E-state index contributed by atoms with van der Waals surface area (Å²) in [5.41, 5.74) is 1.50.